The molecule has 0 aliphatic carbocycles. The van der Waals surface area contributed by atoms with Gasteiger partial charge in [0, 0.05) is 11.0 Å². The van der Waals surface area contributed by atoms with Crippen LogP contribution in [0.1, 0.15) is 30.5 Å². The normalized spacial score (nSPS) is 14.9. The average molecular weight is 236 g/mol. The number of hydrogen-bond donors (Lipinski definition) is 1. The molecule has 0 spiro atoms. The van der Waals surface area contributed by atoms with E-state index in [1.165, 1.54) is 5.56 Å². The van der Waals surface area contributed by atoms with Crippen LogP contribution in [-0.2, 0) is 5.41 Å². The molecule has 0 radical (unpaired) electrons. The molecule has 17 heavy (non-hydrogen) atoms. The summed E-state index contributed by atoms with van der Waals surface area (Å²) in [5.74, 6) is 1.64. The lowest BCUT2D eigenvalue weighted by Crippen LogP contribution is -2.26. The van der Waals surface area contributed by atoms with Crippen LogP contribution in [0.25, 0.3) is 0 Å². The highest BCUT2D eigenvalue weighted by Gasteiger charge is 2.29. The van der Waals surface area contributed by atoms with Gasteiger partial charge in [-0.05, 0) is 25.0 Å². The van der Waals surface area contributed by atoms with Crippen molar-refractivity contribution in [1.82, 2.24) is 0 Å². The smallest absolute Gasteiger partial charge is 0.165 e. The van der Waals surface area contributed by atoms with Gasteiger partial charge in [-0.15, -0.1) is 0 Å². The van der Waals surface area contributed by atoms with Gasteiger partial charge in [-0.1, -0.05) is 19.9 Å². The predicted octanol–water partition coefficient (Wildman–Crippen LogP) is 2.34. The average Bonchev–Trinajstić information content (AvgIpc) is 2.33. The van der Waals surface area contributed by atoms with E-state index in [2.05, 4.69) is 13.0 Å². The number of benzene rings is 1. The van der Waals surface area contributed by atoms with Crippen LogP contribution < -0.4 is 9.47 Å². The number of fused-ring (bicyclic) bond motifs is 1. The number of aliphatic hydroxyl groups is 1. The summed E-state index contributed by atoms with van der Waals surface area (Å²) in [5.41, 5.74) is 3.00. The first-order valence-electron chi connectivity index (χ1n) is 5.98. The third-order valence-corrected chi connectivity index (χ3v) is 3.44. The number of rotatable bonds is 2. The van der Waals surface area contributed by atoms with E-state index < -0.39 is 0 Å². The van der Waals surface area contributed by atoms with E-state index in [0.29, 0.717) is 13.2 Å². The molecule has 0 atom stereocenters. The van der Waals surface area contributed by atoms with Gasteiger partial charge < -0.3 is 14.6 Å². The van der Waals surface area contributed by atoms with Crippen LogP contribution in [0.15, 0.2) is 6.07 Å². The lowest BCUT2D eigenvalue weighted by Gasteiger charge is -2.30. The van der Waals surface area contributed by atoms with Gasteiger partial charge in [-0.3, -0.25) is 0 Å². The lowest BCUT2D eigenvalue weighted by molar-refractivity contribution is 0.160. The zero-order valence-corrected chi connectivity index (χ0v) is 11.0. The largest absolute Gasteiger partial charge is 0.486 e. The van der Waals surface area contributed by atoms with Gasteiger partial charge in [-0.25, -0.2) is 0 Å². The fraction of sp³-hybridized carbons (Fsp3) is 0.571. The van der Waals surface area contributed by atoms with E-state index in [1.54, 1.807) is 0 Å². The molecule has 2 rings (SSSR count). The molecular weight excluding hydrogens is 216 g/mol. The third kappa shape index (κ3) is 2.00. The summed E-state index contributed by atoms with van der Waals surface area (Å²) in [6.45, 7) is 9.37. The first-order valence-corrected chi connectivity index (χ1v) is 5.98. The zero-order valence-electron chi connectivity index (χ0n) is 11.0. The standard InChI is InChI=1S/C14H20O3/c1-9-7-11(14(3,4)8-15)13-12(10(9)2)16-5-6-17-13/h7,15H,5-6,8H2,1-4H3. The molecule has 3 heteroatoms. The Labute approximate surface area is 102 Å². The molecule has 0 saturated carbocycles. The Morgan fingerprint density at radius 1 is 1.18 bits per heavy atom. The second-order valence-electron chi connectivity index (χ2n) is 5.26. The summed E-state index contributed by atoms with van der Waals surface area (Å²) in [6.07, 6.45) is 0. The van der Waals surface area contributed by atoms with Gasteiger partial charge >= 0.3 is 0 Å². The van der Waals surface area contributed by atoms with Crippen LogP contribution in [0.2, 0.25) is 0 Å². The molecule has 0 fully saturated rings. The van der Waals surface area contributed by atoms with Crippen LogP contribution in [0.5, 0.6) is 11.5 Å². The molecule has 0 unspecified atom stereocenters. The number of aliphatic hydroxyl groups excluding tert-OH is 1. The topological polar surface area (TPSA) is 38.7 Å². The quantitative estimate of drug-likeness (QED) is 0.856. The van der Waals surface area contributed by atoms with Crippen molar-refractivity contribution in [3.63, 3.8) is 0 Å². The summed E-state index contributed by atoms with van der Waals surface area (Å²) < 4.78 is 11.5. The van der Waals surface area contributed by atoms with Gasteiger partial charge in [0.25, 0.3) is 0 Å². The van der Waals surface area contributed by atoms with Crippen LogP contribution in [0.4, 0.5) is 0 Å². The maximum absolute atomic E-state index is 9.51. The summed E-state index contributed by atoms with van der Waals surface area (Å²) in [4.78, 5) is 0. The Kier molecular flexibility index (Phi) is 3.04. The van der Waals surface area contributed by atoms with Crippen molar-refractivity contribution >= 4 is 0 Å². The summed E-state index contributed by atoms with van der Waals surface area (Å²) in [5, 5.41) is 9.51. The van der Waals surface area contributed by atoms with Crippen LogP contribution >= 0.6 is 0 Å². The SMILES string of the molecule is Cc1cc(C(C)(C)CO)c2c(c1C)OCCO2. The van der Waals surface area contributed by atoms with Crippen molar-refractivity contribution < 1.29 is 14.6 Å². The molecule has 0 bridgehead atoms. The van der Waals surface area contributed by atoms with E-state index in [9.17, 15) is 5.11 Å². The molecule has 1 N–H and O–H groups in total. The minimum Gasteiger partial charge on any atom is -0.486 e. The van der Waals surface area contributed by atoms with Crippen molar-refractivity contribution in [1.29, 1.82) is 0 Å². The fourth-order valence-corrected chi connectivity index (χ4v) is 2.05. The molecule has 1 aromatic rings. The Hall–Kier alpha value is -1.22. The Bertz CT molecular complexity index is 436. The summed E-state index contributed by atoms with van der Waals surface area (Å²) in [7, 11) is 0. The molecule has 1 aliphatic heterocycles. The Morgan fingerprint density at radius 2 is 1.76 bits per heavy atom. The second kappa shape index (κ2) is 4.22. The highest BCUT2D eigenvalue weighted by molar-refractivity contribution is 5.57. The Morgan fingerprint density at radius 3 is 2.35 bits per heavy atom. The summed E-state index contributed by atoms with van der Waals surface area (Å²) in [6, 6.07) is 2.10. The number of hydrogen-bond acceptors (Lipinski definition) is 3. The Balaban J connectivity index is 2.64. The van der Waals surface area contributed by atoms with Crippen molar-refractivity contribution in [2.24, 2.45) is 0 Å². The first-order chi connectivity index (χ1) is 7.97. The van der Waals surface area contributed by atoms with E-state index in [1.807, 2.05) is 20.8 Å². The molecule has 1 aromatic carbocycles. The van der Waals surface area contributed by atoms with E-state index in [4.69, 9.17) is 9.47 Å². The van der Waals surface area contributed by atoms with Gasteiger partial charge in [0.2, 0.25) is 0 Å². The monoisotopic (exact) mass is 236 g/mol. The third-order valence-electron chi connectivity index (χ3n) is 3.44. The van der Waals surface area contributed by atoms with Gasteiger partial charge in [0.15, 0.2) is 11.5 Å². The molecule has 3 nitrogen and oxygen atoms in total. The van der Waals surface area contributed by atoms with Crippen molar-refractivity contribution in [3.05, 3.63) is 22.8 Å². The number of aryl methyl sites for hydroxylation is 1. The molecule has 0 aromatic heterocycles. The van der Waals surface area contributed by atoms with Crippen molar-refractivity contribution in [2.75, 3.05) is 19.8 Å². The van der Waals surface area contributed by atoms with Crippen molar-refractivity contribution in [2.45, 2.75) is 33.1 Å². The van der Waals surface area contributed by atoms with Crippen LogP contribution in [-0.4, -0.2) is 24.9 Å². The van der Waals surface area contributed by atoms with E-state index in [0.717, 1.165) is 22.6 Å². The molecule has 1 aliphatic rings. The zero-order chi connectivity index (χ0) is 12.6. The number of ether oxygens (including phenoxy) is 2. The molecule has 94 valence electrons. The minimum atomic E-state index is -0.316. The van der Waals surface area contributed by atoms with Crippen LogP contribution in [0.3, 0.4) is 0 Å². The maximum Gasteiger partial charge on any atom is 0.165 e. The first kappa shape index (κ1) is 12.2. The van der Waals surface area contributed by atoms with Gasteiger partial charge in [0.05, 0.1) is 6.61 Å². The summed E-state index contributed by atoms with van der Waals surface area (Å²) >= 11 is 0. The molecule has 1 heterocycles. The maximum atomic E-state index is 9.51. The van der Waals surface area contributed by atoms with E-state index >= 15 is 0 Å². The van der Waals surface area contributed by atoms with Crippen molar-refractivity contribution in [3.8, 4) is 11.5 Å². The fourth-order valence-electron chi connectivity index (χ4n) is 2.05. The second-order valence-corrected chi connectivity index (χ2v) is 5.26. The predicted molar refractivity (Wildman–Crippen MR) is 67.0 cm³/mol. The minimum absolute atomic E-state index is 0.0886. The van der Waals surface area contributed by atoms with Crippen LogP contribution in [0, 0.1) is 13.8 Å². The lowest BCUT2D eigenvalue weighted by atomic mass is 9.83. The van der Waals surface area contributed by atoms with Gasteiger partial charge in [-0.2, -0.15) is 0 Å². The molecular formula is C14H20O3. The molecule has 0 saturated heterocycles. The highest BCUT2D eigenvalue weighted by Crippen LogP contribution is 2.43. The molecule has 0 amide bonds. The van der Waals surface area contributed by atoms with E-state index in [-0.39, 0.29) is 12.0 Å². The highest BCUT2D eigenvalue weighted by atomic mass is 16.6. The van der Waals surface area contributed by atoms with Gasteiger partial charge in [0.1, 0.15) is 13.2 Å².